The Bertz CT molecular complexity index is 404. The third-order valence-corrected chi connectivity index (χ3v) is 1.76. The lowest BCUT2D eigenvalue weighted by Crippen LogP contribution is -2.47. The number of aliphatic carboxylic acids is 1. The van der Waals surface area contributed by atoms with Crippen LogP contribution in [-0.4, -0.2) is 45.0 Å². The van der Waals surface area contributed by atoms with Crippen LogP contribution in [0.2, 0.25) is 0 Å². The number of carboxylic acid groups (broad SMARTS) is 1. The van der Waals surface area contributed by atoms with Gasteiger partial charge < -0.3 is 25.4 Å². The average molecular weight is 244 g/mol. The van der Waals surface area contributed by atoms with E-state index in [9.17, 15) is 9.59 Å². The van der Waals surface area contributed by atoms with Gasteiger partial charge >= 0.3 is 12.0 Å². The average Bonchev–Trinajstić information content (AvgIpc) is 2.68. The molecule has 17 heavy (non-hydrogen) atoms. The molecular weight excluding hydrogens is 232 g/mol. The second-order valence-corrected chi connectivity index (χ2v) is 3.14. The Morgan fingerprint density at radius 3 is 2.71 bits per heavy atom. The summed E-state index contributed by atoms with van der Waals surface area (Å²) < 4.78 is 4.72. The first-order valence-corrected chi connectivity index (χ1v) is 4.70. The highest BCUT2D eigenvalue weighted by atomic mass is 16.5. The summed E-state index contributed by atoms with van der Waals surface area (Å²) in [6.45, 7) is 0.909. The van der Waals surface area contributed by atoms with Crippen LogP contribution >= 0.6 is 0 Å². The van der Waals surface area contributed by atoms with Crippen molar-refractivity contribution >= 4 is 12.0 Å². The quantitative estimate of drug-likeness (QED) is 0.501. The van der Waals surface area contributed by atoms with Crippen molar-refractivity contribution < 1.29 is 24.3 Å². The number of hydrogen-bond acceptors (Lipinski definition) is 6. The number of amides is 2. The Labute approximate surface area is 95.8 Å². The van der Waals surface area contributed by atoms with Crippen molar-refractivity contribution in [1.82, 2.24) is 20.8 Å². The maximum atomic E-state index is 11.2. The lowest BCUT2D eigenvalue weighted by atomic mass is 10.3. The van der Waals surface area contributed by atoms with Gasteiger partial charge in [-0.25, -0.2) is 9.59 Å². The van der Waals surface area contributed by atoms with E-state index in [0.29, 0.717) is 5.82 Å². The van der Waals surface area contributed by atoms with Crippen LogP contribution < -0.4 is 10.6 Å². The van der Waals surface area contributed by atoms with Crippen molar-refractivity contribution in [3.63, 3.8) is 0 Å². The molecular formula is C8H12N4O5. The summed E-state index contributed by atoms with van der Waals surface area (Å²) in [5.41, 5.74) is 0. The number of aliphatic hydroxyl groups is 1. The third kappa shape index (κ3) is 4.07. The van der Waals surface area contributed by atoms with Gasteiger partial charge in [-0.05, 0) is 6.92 Å². The van der Waals surface area contributed by atoms with Gasteiger partial charge in [0.05, 0.1) is 13.2 Å². The molecule has 94 valence electrons. The van der Waals surface area contributed by atoms with E-state index in [1.165, 1.54) is 0 Å². The molecule has 0 aliphatic carbocycles. The molecule has 1 aromatic heterocycles. The molecule has 0 saturated carbocycles. The van der Waals surface area contributed by atoms with Crippen LogP contribution in [0.3, 0.4) is 0 Å². The van der Waals surface area contributed by atoms with E-state index in [0.717, 1.165) is 0 Å². The zero-order chi connectivity index (χ0) is 12.8. The normalized spacial score (nSPS) is 11.9. The molecule has 1 unspecified atom stereocenters. The number of rotatable bonds is 5. The van der Waals surface area contributed by atoms with Crippen LogP contribution in [0.1, 0.15) is 11.7 Å². The maximum Gasteiger partial charge on any atom is 0.328 e. The van der Waals surface area contributed by atoms with Crippen molar-refractivity contribution in [1.29, 1.82) is 0 Å². The lowest BCUT2D eigenvalue weighted by molar-refractivity contribution is -0.140. The molecule has 0 aromatic carbocycles. The fraction of sp³-hybridized carbons (Fsp3) is 0.500. The van der Waals surface area contributed by atoms with Crippen molar-refractivity contribution in [2.45, 2.75) is 19.5 Å². The van der Waals surface area contributed by atoms with Gasteiger partial charge in [0.2, 0.25) is 5.89 Å². The number of urea groups is 1. The molecule has 4 N–H and O–H groups in total. The zero-order valence-electron chi connectivity index (χ0n) is 9.01. The Morgan fingerprint density at radius 1 is 1.53 bits per heavy atom. The van der Waals surface area contributed by atoms with Gasteiger partial charge in [0.15, 0.2) is 11.9 Å². The number of aryl methyl sites for hydroxylation is 1. The summed E-state index contributed by atoms with van der Waals surface area (Å²) in [4.78, 5) is 25.5. The van der Waals surface area contributed by atoms with Gasteiger partial charge in [0.1, 0.15) is 0 Å². The van der Waals surface area contributed by atoms with E-state index >= 15 is 0 Å². The van der Waals surface area contributed by atoms with Crippen LogP contribution in [0.15, 0.2) is 4.52 Å². The number of aliphatic hydroxyl groups excluding tert-OH is 1. The molecule has 1 heterocycles. The van der Waals surface area contributed by atoms with Gasteiger partial charge in [0.25, 0.3) is 0 Å². The summed E-state index contributed by atoms with van der Waals surface area (Å²) in [6, 6.07) is -2.10. The van der Waals surface area contributed by atoms with Crippen LogP contribution in [0.5, 0.6) is 0 Å². The molecule has 0 saturated heterocycles. The Balaban J connectivity index is 2.37. The Hall–Kier alpha value is -2.16. The molecule has 9 heteroatoms. The highest BCUT2D eigenvalue weighted by Crippen LogP contribution is 1.94. The van der Waals surface area contributed by atoms with Gasteiger partial charge in [-0.15, -0.1) is 0 Å². The van der Waals surface area contributed by atoms with E-state index < -0.39 is 24.6 Å². The molecule has 0 spiro atoms. The second-order valence-electron chi connectivity index (χ2n) is 3.14. The predicted molar refractivity (Wildman–Crippen MR) is 52.9 cm³/mol. The third-order valence-electron chi connectivity index (χ3n) is 1.76. The number of aromatic nitrogens is 2. The summed E-state index contributed by atoms with van der Waals surface area (Å²) in [5.74, 6) is -0.689. The summed E-state index contributed by atoms with van der Waals surface area (Å²) >= 11 is 0. The van der Waals surface area contributed by atoms with Gasteiger partial charge in [-0.3, -0.25) is 0 Å². The van der Waals surface area contributed by atoms with E-state index in [1.807, 2.05) is 0 Å². The predicted octanol–water partition coefficient (Wildman–Crippen LogP) is -1.38. The fourth-order valence-electron chi connectivity index (χ4n) is 0.962. The summed E-state index contributed by atoms with van der Waals surface area (Å²) in [7, 11) is 0. The van der Waals surface area contributed by atoms with E-state index in [2.05, 4.69) is 20.8 Å². The molecule has 0 radical (unpaired) electrons. The van der Waals surface area contributed by atoms with Gasteiger partial charge in [0, 0.05) is 0 Å². The molecule has 0 aliphatic heterocycles. The number of nitrogens with one attached hydrogen (secondary N) is 2. The highest BCUT2D eigenvalue weighted by molar-refractivity contribution is 5.82. The number of nitrogens with zero attached hydrogens (tertiary/aromatic N) is 2. The van der Waals surface area contributed by atoms with Crippen molar-refractivity contribution in [3.8, 4) is 0 Å². The molecule has 1 atom stereocenters. The second kappa shape index (κ2) is 5.80. The molecule has 0 aliphatic rings. The van der Waals surface area contributed by atoms with Crippen LogP contribution in [0, 0.1) is 6.92 Å². The SMILES string of the molecule is Cc1noc(CNC(=O)NC(CO)C(=O)O)n1. The molecule has 0 bridgehead atoms. The van der Waals surface area contributed by atoms with E-state index in [1.54, 1.807) is 6.92 Å². The smallest absolute Gasteiger partial charge is 0.328 e. The molecule has 0 fully saturated rings. The van der Waals surface area contributed by atoms with E-state index in [-0.39, 0.29) is 12.4 Å². The monoisotopic (exact) mass is 244 g/mol. The minimum atomic E-state index is -1.35. The molecule has 1 rings (SSSR count). The minimum absolute atomic E-state index is 0.0234. The Kier molecular flexibility index (Phi) is 4.40. The first-order chi connectivity index (χ1) is 8.02. The lowest BCUT2D eigenvalue weighted by Gasteiger charge is -2.11. The van der Waals surface area contributed by atoms with E-state index in [4.69, 9.17) is 14.7 Å². The van der Waals surface area contributed by atoms with Crippen LogP contribution in [-0.2, 0) is 11.3 Å². The minimum Gasteiger partial charge on any atom is -0.480 e. The molecule has 1 aromatic rings. The zero-order valence-corrected chi connectivity index (χ0v) is 9.01. The largest absolute Gasteiger partial charge is 0.480 e. The van der Waals surface area contributed by atoms with Crippen LogP contribution in [0.4, 0.5) is 4.79 Å². The molecule has 9 nitrogen and oxygen atoms in total. The summed E-state index contributed by atoms with van der Waals surface area (Å²) in [5, 5.41) is 25.1. The van der Waals surface area contributed by atoms with Crippen molar-refractivity contribution in [2.75, 3.05) is 6.61 Å². The van der Waals surface area contributed by atoms with Crippen molar-refractivity contribution in [2.24, 2.45) is 0 Å². The number of carbonyl (C=O) groups is 2. The number of hydrogen-bond donors (Lipinski definition) is 4. The van der Waals surface area contributed by atoms with Gasteiger partial charge in [-0.1, -0.05) is 5.16 Å². The van der Waals surface area contributed by atoms with Gasteiger partial charge in [-0.2, -0.15) is 4.98 Å². The fourth-order valence-corrected chi connectivity index (χ4v) is 0.962. The first kappa shape index (κ1) is 12.9. The standard InChI is InChI=1S/C8H12N4O5/c1-4-10-6(17-12-4)2-9-8(16)11-5(3-13)7(14)15/h5,13H,2-3H2,1H3,(H,14,15)(H2,9,11,16). The maximum absolute atomic E-state index is 11.2. The van der Waals surface area contributed by atoms with Crippen molar-refractivity contribution in [3.05, 3.63) is 11.7 Å². The Morgan fingerprint density at radius 2 is 2.24 bits per heavy atom. The number of carbonyl (C=O) groups excluding carboxylic acids is 1. The van der Waals surface area contributed by atoms with Crippen LogP contribution in [0.25, 0.3) is 0 Å². The first-order valence-electron chi connectivity index (χ1n) is 4.70. The summed E-state index contributed by atoms with van der Waals surface area (Å²) in [6.07, 6.45) is 0. The highest BCUT2D eigenvalue weighted by Gasteiger charge is 2.18. The number of carboxylic acids is 1. The topological polar surface area (TPSA) is 138 Å². The molecule has 2 amide bonds.